The van der Waals surface area contributed by atoms with Crippen molar-refractivity contribution in [2.75, 3.05) is 14.2 Å². The molecule has 0 aromatic heterocycles. The summed E-state index contributed by atoms with van der Waals surface area (Å²) in [7, 11) is 3.09. The van der Waals surface area contributed by atoms with E-state index < -0.39 is 5.97 Å². The molecule has 1 aliphatic rings. The van der Waals surface area contributed by atoms with Crippen molar-refractivity contribution in [3.63, 3.8) is 0 Å². The van der Waals surface area contributed by atoms with Gasteiger partial charge in [-0.3, -0.25) is 4.79 Å². The van der Waals surface area contributed by atoms with Crippen molar-refractivity contribution in [3.05, 3.63) is 22.2 Å². The van der Waals surface area contributed by atoms with Crippen molar-refractivity contribution in [2.45, 2.75) is 32.1 Å². The summed E-state index contributed by atoms with van der Waals surface area (Å²) in [4.78, 5) is 11.1. The highest BCUT2D eigenvalue weighted by atomic mass is 35.5. The minimum Gasteiger partial charge on any atom is -0.493 e. The van der Waals surface area contributed by atoms with Gasteiger partial charge in [0.15, 0.2) is 11.5 Å². The molecular formula is C15H19ClO4. The average Bonchev–Trinajstić information content (AvgIpc) is 3.23. The largest absolute Gasteiger partial charge is 0.493 e. The SMILES string of the molecule is COc1cc(C(CC(=O)O)C2CC2)c(C)c(Cl)c1OC. The van der Waals surface area contributed by atoms with Crippen LogP contribution in [-0.2, 0) is 4.79 Å². The number of carbonyl (C=O) groups is 1. The first-order valence-electron chi connectivity index (χ1n) is 6.62. The quantitative estimate of drug-likeness (QED) is 0.871. The van der Waals surface area contributed by atoms with Gasteiger partial charge in [0.1, 0.15) is 0 Å². The summed E-state index contributed by atoms with van der Waals surface area (Å²) in [6, 6.07) is 1.87. The Balaban J connectivity index is 2.48. The summed E-state index contributed by atoms with van der Waals surface area (Å²) in [5.41, 5.74) is 1.83. The van der Waals surface area contributed by atoms with Crippen molar-refractivity contribution < 1.29 is 19.4 Å². The van der Waals surface area contributed by atoms with Gasteiger partial charge in [-0.1, -0.05) is 11.6 Å². The van der Waals surface area contributed by atoms with Crippen LogP contribution in [0.15, 0.2) is 6.07 Å². The lowest BCUT2D eigenvalue weighted by atomic mass is 9.87. The lowest BCUT2D eigenvalue weighted by Crippen LogP contribution is -2.11. The third-order valence-corrected chi connectivity index (χ3v) is 4.34. The van der Waals surface area contributed by atoms with Crippen LogP contribution in [0, 0.1) is 12.8 Å². The molecule has 1 saturated carbocycles. The molecule has 1 aromatic rings. The van der Waals surface area contributed by atoms with Crippen LogP contribution in [0.3, 0.4) is 0 Å². The van der Waals surface area contributed by atoms with E-state index in [1.165, 1.54) is 0 Å². The second-order valence-electron chi connectivity index (χ2n) is 5.18. The van der Waals surface area contributed by atoms with Crippen molar-refractivity contribution >= 4 is 17.6 Å². The van der Waals surface area contributed by atoms with E-state index in [2.05, 4.69) is 0 Å². The molecule has 20 heavy (non-hydrogen) atoms. The summed E-state index contributed by atoms with van der Waals surface area (Å²) in [5.74, 6) is 0.686. The molecule has 0 spiro atoms. The van der Waals surface area contributed by atoms with E-state index >= 15 is 0 Å². The minimum absolute atomic E-state index is 0.00944. The Labute approximate surface area is 123 Å². The molecule has 1 unspecified atom stereocenters. The Kier molecular flexibility index (Phi) is 4.43. The van der Waals surface area contributed by atoms with Crippen LogP contribution in [0.2, 0.25) is 5.02 Å². The smallest absolute Gasteiger partial charge is 0.303 e. The fraction of sp³-hybridized carbons (Fsp3) is 0.533. The van der Waals surface area contributed by atoms with Gasteiger partial charge in [-0.05, 0) is 48.8 Å². The molecule has 0 bridgehead atoms. The molecule has 0 heterocycles. The Hall–Kier alpha value is -1.42. The number of carboxylic acids is 1. The van der Waals surface area contributed by atoms with Gasteiger partial charge in [0.2, 0.25) is 0 Å². The maximum absolute atomic E-state index is 11.1. The topological polar surface area (TPSA) is 55.8 Å². The summed E-state index contributed by atoms with van der Waals surface area (Å²) in [6.45, 7) is 1.90. The molecule has 5 heteroatoms. The second-order valence-corrected chi connectivity index (χ2v) is 5.56. The molecular weight excluding hydrogens is 280 g/mol. The normalized spacial score (nSPS) is 15.8. The van der Waals surface area contributed by atoms with Crippen molar-refractivity contribution in [1.82, 2.24) is 0 Å². The Morgan fingerprint density at radius 2 is 2.10 bits per heavy atom. The van der Waals surface area contributed by atoms with Gasteiger partial charge in [0.05, 0.1) is 25.7 Å². The van der Waals surface area contributed by atoms with Gasteiger partial charge in [0.25, 0.3) is 0 Å². The van der Waals surface area contributed by atoms with E-state index in [1.807, 2.05) is 13.0 Å². The number of halogens is 1. The maximum Gasteiger partial charge on any atom is 0.303 e. The zero-order valence-electron chi connectivity index (χ0n) is 11.9. The number of hydrogen-bond donors (Lipinski definition) is 1. The van der Waals surface area contributed by atoms with Gasteiger partial charge in [-0.15, -0.1) is 0 Å². The molecule has 1 atom stereocenters. The number of ether oxygens (including phenoxy) is 2. The third kappa shape index (κ3) is 2.85. The average molecular weight is 299 g/mol. The van der Waals surface area contributed by atoms with Crippen LogP contribution < -0.4 is 9.47 Å². The van der Waals surface area contributed by atoms with Crippen LogP contribution in [0.1, 0.15) is 36.3 Å². The molecule has 110 valence electrons. The monoisotopic (exact) mass is 298 g/mol. The fourth-order valence-corrected chi connectivity index (χ4v) is 2.94. The third-order valence-electron chi connectivity index (χ3n) is 3.88. The zero-order chi connectivity index (χ0) is 14.9. The first kappa shape index (κ1) is 15.0. The molecule has 0 saturated heterocycles. The molecule has 1 N–H and O–H groups in total. The van der Waals surface area contributed by atoms with Crippen LogP contribution >= 0.6 is 11.6 Å². The number of rotatable bonds is 6. The van der Waals surface area contributed by atoms with Crippen molar-refractivity contribution in [3.8, 4) is 11.5 Å². The fourth-order valence-electron chi connectivity index (χ4n) is 2.66. The molecule has 1 aromatic carbocycles. The first-order chi connectivity index (χ1) is 9.49. The summed E-state index contributed by atoms with van der Waals surface area (Å²) >= 11 is 6.34. The lowest BCUT2D eigenvalue weighted by Gasteiger charge is -2.21. The predicted octanol–water partition coefficient (Wildman–Crippen LogP) is 3.63. The van der Waals surface area contributed by atoms with Crippen molar-refractivity contribution in [2.24, 2.45) is 5.92 Å². The lowest BCUT2D eigenvalue weighted by molar-refractivity contribution is -0.137. The molecule has 0 radical (unpaired) electrons. The number of aliphatic carboxylic acids is 1. The molecule has 4 nitrogen and oxygen atoms in total. The maximum atomic E-state index is 11.1. The summed E-state index contributed by atoms with van der Waals surface area (Å²) < 4.78 is 10.6. The number of hydrogen-bond acceptors (Lipinski definition) is 3. The van der Waals surface area contributed by atoms with Gasteiger partial charge in [0, 0.05) is 0 Å². The van der Waals surface area contributed by atoms with Crippen molar-refractivity contribution in [1.29, 1.82) is 0 Å². The van der Waals surface area contributed by atoms with E-state index in [0.717, 1.165) is 24.0 Å². The summed E-state index contributed by atoms with van der Waals surface area (Å²) in [5, 5.41) is 9.62. The van der Waals surface area contributed by atoms with E-state index in [9.17, 15) is 4.79 Å². The van der Waals surface area contributed by atoms with Gasteiger partial charge in [-0.2, -0.15) is 0 Å². The number of methoxy groups -OCH3 is 2. The first-order valence-corrected chi connectivity index (χ1v) is 7.00. The Morgan fingerprint density at radius 3 is 2.55 bits per heavy atom. The highest BCUT2D eigenvalue weighted by Gasteiger charge is 2.35. The van der Waals surface area contributed by atoms with Gasteiger partial charge >= 0.3 is 5.97 Å². The molecule has 0 aliphatic heterocycles. The van der Waals surface area contributed by atoms with Crippen LogP contribution in [0.5, 0.6) is 11.5 Å². The Morgan fingerprint density at radius 1 is 1.45 bits per heavy atom. The zero-order valence-corrected chi connectivity index (χ0v) is 12.7. The second kappa shape index (κ2) is 5.92. The molecule has 1 fully saturated rings. The molecule has 2 rings (SSSR count). The van der Waals surface area contributed by atoms with E-state index in [-0.39, 0.29) is 12.3 Å². The minimum atomic E-state index is -0.785. The Bertz CT molecular complexity index is 523. The number of benzene rings is 1. The molecule has 0 amide bonds. The summed E-state index contributed by atoms with van der Waals surface area (Å²) in [6.07, 6.45) is 2.27. The van der Waals surface area contributed by atoms with E-state index in [1.54, 1.807) is 14.2 Å². The van der Waals surface area contributed by atoms with E-state index in [4.69, 9.17) is 26.2 Å². The highest BCUT2D eigenvalue weighted by Crippen LogP contribution is 2.49. The predicted molar refractivity (Wildman–Crippen MR) is 77.0 cm³/mol. The van der Waals surface area contributed by atoms with E-state index in [0.29, 0.717) is 22.4 Å². The number of carboxylic acid groups (broad SMARTS) is 1. The van der Waals surface area contributed by atoms with Crippen LogP contribution in [0.25, 0.3) is 0 Å². The standard InChI is InChI=1S/C15H19ClO4/c1-8-10(11(7-13(17)18)9-4-5-9)6-12(19-2)15(20-3)14(8)16/h6,9,11H,4-5,7H2,1-3H3,(H,17,18). The van der Waals surface area contributed by atoms with Crippen LogP contribution in [-0.4, -0.2) is 25.3 Å². The van der Waals surface area contributed by atoms with Gasteiger partial charge in [-0.25, -0.2) is 0 Å². The van der Waals surface area contributed by atoms with Crippen LogP contribution in [0.4, 0.5) is 0 Å². The molecule has 1 aliphatic carbocycles. The highest BCUT2D eigenvalue weighted by molar-refractivity contribution is 6.33. The van der Waals surface area contributed by atoms with Gasteiger partial charge < -0.3 is 14.6 Å².